The van der Waals surface area contributed by atoms with Gasteiger partial charge in [0.2, 0.25) is 0 Å². The highest BCUT2D eigenvalue weighted by Gasteiger charge is 2.12. The third-order valence-corrected chi connectivity index (χ3v) is 2.67. The normalized spacial score (nSPS) is 12.7. The number of ketones is 1. The largest absolute Gasteiger partial charge is 0.316 e. The van der Waals surface area contributed by atoms with Crippen molar-refractivity contribution in [1.29, 1.82) is 0 Å². The van der Waals surface area contributed by atoms with Crippen molar-refractivity contribution in [2.45, 2.75) is 26.7 Å². The number of aromatic nitrogens is 2. The Balaban J connectivity index is 2.29. The van der Waals surface area contributed by atoms with Gasteiger partial charge in [0.25, 0.3) is 0 Å². The summed E-state index contributed by atoms with van der Waals surface area (Å²) in [4.78, 5) is 11.8. The summed E-state index contributed by atoms with van der Waals surface area (Å²) in [5.41, 5.74) is 1.13. The van der Waals surface area contributed by atoms with Gasteiger partial charge in [0.05, 0.1) is 6.20 Å². The smallest absolute Gasteiger partial charge is 0.137 e. The van der Waals surface area contributed by atoms with Gasteiger partial charge >= 0.3 is 0 Å². The van der Waals surface area contributed by atoms with E-state index in [4.69, 9.17) is 0 Å². The molecule has 0 fully saturated rings. The molecular formula is C12H21N3O. The van der Waals surface area contributed by atoms with Crippen LogP contribution in [0.5, 0.6) is 0 Å². The van der Waals surface area contributed by atoms with Gasteiger partial charge in [0.15, 0.2) is 0 Å². The van der Waals surface area contributed by atoms with Gasteiger partial charge in [-0.25, -0.2) is 0 Å². The van der Waals surface area contributed by atoms with Crippen LogP contribution in [0.15, 0.2) is 12.4 Å². The monoisotopic (exact) mass is 223 g/mol. The summed E-state index contributed by atoms with van der Waals surface area (Å²) in [5.74, 6) is 0.432. The van der Waals surface area contributed by atoms with E-state index in [2.05, 4.69) is 10.4 Å². The number of carbonyl (C=O) groups is 1. The number of hydrogen-bond donors (Lipinski definition) is 1. The summed E-state index contributed by atoms with van der Waals surface area (Å²) in [6.45, 7) is 5.73. The predicted octanol–water partition coefficient (Wildman–Crippen LogP) is 1.17. The van der Waals surface area contributed by atoms with Gasteiger partial charge in [0.1, 0.15) is 5.78 Å². The van der Waals surface area contributed by atoms with Crippen molar-refractivity contribution >= 4 is 5.78 Å². The van der Waals surface area contributed by atoms with Crippen LogP contribution in [0.4, 0.5) is 0 Å². The standard InChI is InChI=1S/C12H21N3O/c1-4-13-7-10(2)12(16)6-5-11-8-14-15(3)9-11/h8-10,13H,4-7H2,1-3H3. The number of aryl methyl sites for hydroxylation is 2. The molecule has 4 nitrogen and oxygen atoms in total. The fourth-order valence-electron chi connectivity index (χ4n) is 1.59. The molecule has 0 amide bonds. The minimum Gasteiger partial charge on any atom is -0.316 e. The minimum atomic E-state index is 0.108. The quantitative estimate of drug-likeness (QED) is 0.754. The maximum absolute atomic E-state index is 11.8. The van der Waals surface area contributed by atoms with Gasteiger partial charge in [-0.05, 0) is 18.5 Å². The zero-order valence-electron chi connectivity index (χ0n) is 10.4. The van der Waals surface area contributed by atoms with E-state index in [9.17, 15) is 4.79 Å². The first kappa shape index (κ1) is 12.9. The molecule has 1 aromatic rings. The van der Waals surface area contributed by atoms with Crippen LogP contribution in [0, 0.1) is 5.92 Å². The Bertz CT molecular complexity index is 333. The molecule has 0 spiro atoms. The molecule has 0 radical (unpaired) electrons. The summed E-state index contributed by atoms with van der Waals surface area (Å²) in [7, 11) is 1.89. The van der Waals surface area contributed by atoms with Crippen LogP contribution >= 0.6 is 0 Å². The molecule has 1 rings (SSSR count). The molecule has 0 saturated heterocycles. The van der Waals surface area contributed by atoms with E-state index >= 15 is 0 Å². The number of nitrogens with one attached hydrogen (secondary N) is 1. The highest BCUT2D eigenvalue weighted by molar-refractivity contribution is 5.81. The lowest BCUT2D eigenvalue weighted by atomic mass is 10.0. The first-order chi connectivity index (χ1) is 7.63. The lowest BCUT2D eigenvalue weighted by molar-refractivity contribution is -0.122. The van der Waals surface area contributed by atoms with Gasteiger partial charge in [0, 0.05) is 32.1 Å². The van der Waals surface area contributed by atoms with Crippen molar-refractivity contribution in [2.24, 2.45) is 13.0 Å². The molecule has 0 bridgehead atoms. The Kier molecular flexibility index (Phi) is 5.19. The van der Waals surface area contributed by atoms with Gasteiger partial charge in [-0.3, -0.25) is 9.48 Å². The lowest BCUT2D eigenvalue weighted by Crippen LogP contribution is -2.26. The molecule has 0 aliphatic rings. The molecule has 1 heterocycles. The lowest BCUT2D eigenvalue weighted by Gasteiger charge is -2.09. The van der Waals surface area contributed by atoms with Crippen molar-refractivity contribution in [3.05, 3.63) is 18.0 Å². The summed E-state index contributed by atoms with van der Waals surface area (Å²) in [6, 6.07) is 0. The molecule has 0 aromatic carbocycles. The van der Waals surface area contributed by atoms with E-state index in [1.165, 1.54) is 0 Å². The third-order valence-electron chi connectivity index (χ3n) is 2.67. The highest BCUT2D eigenvalue weighted by atomic mass is 16.1. The molecule has 1 N–H and O–H groups in total. The maximum Gasteiger partial charge on any atom is 0.137 e. The number of Topliss-reactive ketones (excluding diaryl/α,β-unsaturated/α-hetero) is 1. The van der Waals surface area contributed by atoms with Crippen LogP contribution in [0.25, 0.3) is 0 Å². The second kappa shape index (κ2) is 6.43. The van der Waals surface area contributed by atoms with E-state index < -0.39 is 0 Å². The summed E-state index contributed by atoms with van der Waals surface area (Å²) >= 11 is 0. The predicted molar refractivity (Wildman–Crippen MR) is 64.2 cm³/mol. The fourth-order valence-corrected chi connectivity index (χ4v) is 1.59. The van der Waals surface area contributed by atoms with Crippen LogP contribution in [0.1, 0.15) is 25.8 Å². The minimum absolute atomic E-state index is 0.108. The molecular weight excluding hydrogens is 202 g/mol. The van der Waals surface area contributed by atoms with Crippen LogP contribution in [0.2, 0.25) is 0 Å². The van der Waals surface area contributed by atoms with E-state index in [1.807, 2.05) is 33.3 Å². The Morgan fingerprint density at radius 2 is 2.38 bits per heavy atom. The van der Waals surface area contributed by atoms with Crippen LogP contribution in [-0.2, 0) is 18.3 Å². The fraction of sp³-hybridized carbons (Fsp3) is 0.667. The molecule has 0 saturated carbocycles. The zero-order chi connectivity index (χ0) is 12.0. The van der Waals surface area contributed by atoms with Gasteiger partial charge in [-0.15, -0.1) is 0 Å². The molecule has 90 valence electrons. The Hall–Kier alpha value is -1.16. The Morgan fingerprint density at radius 3 is 2.94 bits per heavy atom. The summed E-state index contributed by atoms with van der Waals surface area (Å²) in [5, 5.41) is 7.28. The van der Waals surface area contributed by atoms with Gasteiger partial charge in [-0.2, -0.15) is 5.10 Å². The maximum atomic E-state index is 11.8. The molecule has 0 aliphatic heterocycles. The van der Waals surface area contributed by atoms with Crippen molar-refractivity contribution in [3.8, 4) is 0 Å². The average molecular weight is 223 g/mol. The van der Waals surface area contributed by atoms with Gasteiger partial charge < -0.3 is 5.32 Å². The number of carbonyl (C=O) groups excluding carboxylic acids is 1. The Labute approximate surface area is 97.0 Å². The molecule has 4 heteroatoms. The SMILES string of the molecule is CCNCC(C)C(=O)CCc1cnn(C)c1. The second-order valence-corrected chi connectivity index (χ2v) is 4.20. The van der Waals surface area contributed by atoms with Crippen molar-refractivity contribution in [1.82, 2.24) is 15.1 Å². The van der Waals surface area contributed by atoms with E-state index in [0.29, 0.717) is 12.2 Å². The molecule has 0 aliphatic carbocycles. The number of nitrogens with zero attached hydrogens (tertiary/aromatic N) is 2. The first-order valence-electron chi connectivity index (χ1n) is 5.84. The van der Waals surface area contributed by atoms with Crippen molar-refractivity contribution in [2.75, 3.05) is 13.1 Å². The topological polar surface area (TPSA) is 46.9 Å². The summed E-state index contributed by atoms with van der Waals surface area (Å²) < 4.78 is 1.77. The number of rotatable bonds is 7. The Morgan fingerprint density at radius 1 is 1.62 bits per heavy atom. The van der Waals surface area contributed by atoms with Crippen LogP contribution in [0.3, 0.4) is 0 Å². The average Bonchev–Trinajstić information content (AvgIpc) is 2.68. The molecule has 1 unspecified atom stereocenters. The molecule has 16 heavy (non-hydrogen) atoms. The zero-order valence-corrected chi connectivity index (χ0v) is 10.4. The van der Waals surface area contributed by atoms with E-state index in [0.717, 1.165) is 25.1 Å². The summed E-state index contributed by atoms with van der Waals surface area (Å²) in [6.07, 6.45) is 5.19. The third kappa shape index (κ3) is 4.14. The van der Waals surface area contributed by atoms with Gasteiger partial charge in [-0.1, -0.05) is 13.8 Å². The van der Waals surface area contributed by atoms with E-state index in [1.54, 1.807) is 4.68 Å². The second-order valence-electron chi connectivity index (χ2n) is 4.20. The van der Waals surface area contributed by atoms with Crippen LogP contribution in [-0.4, -0.2) is 28.7 Å². The van der Waals surface area contributed by atoms with Crippen molar-refractivity contribution < 1.29 is 4.79 Å². The molecule has 1 aromatic heterocycles. The van der Waals surface area contributed by atoms with Crippen molar-refractivity contribution in [3.63, 3.8) is 0 Å². The van der Waals surface area contributed by atoms with Crippen LogP contribution < -0.4 is 5.32 Å². The number of hydrogen-bond acceptors (Lipinski definition) is 3. The highest BCUT2D eigenvalue weighted by Crippen LogP contribution is 2.06. The first-order valence-corrected chi connectivity index (χ1v) is 5.84. The van der Waals surface area contributed by atoms with E-state index in [-0.39, 0.29) is 5.92 Å². The molecule has 1 atom stereocenters.